The molecule has 2 rings (SSSR count). The monoisotopic (exact) mass is 201 g/mol. The van der Waals surface area contributed by atoms with Gasteiger partial charge in [0.15, 0.2) is 0 Å². The van der Waals surface area contributed by atoms with E-state index in [1.165, 1.54) is 37.2 Å². The van der Waals surface area contributed by atoms with Gasteiger partial charge in [0.05, 0.1) is 0 Å². The van der Waals surface area contributed by atoms with Crippen LogP contribution in [-0.4, -0.2) is 18.0 Å². The maximum Gasteiger partial charge on any atom is 0.0175 e. The molecule has 0 bridgehead atoms. The summed E-state index contributed by atoms with van der Waals surface area (Å²) < 4.78 is 0. The summed E-state index contributed by atoms with van der Waals surface area (Å²) in [6.45, 7) is 4.73. The number of nitrogens with zero attached hydrogens (tertiary/aromatic N) is 1. The number of likely N-dealkylation sites (tertiary alicyclic amines) is 1. The van der Waals surface area contributed by atoms with Crippen molar-refractivity contribution < 1.29 is 0 Å². The molecule has 0 N–H and O–H groups in total. The zero-order valence-electron chi connectivity index (χ0n) is 9.45. The van der Waals surface area contributed by atoms with Crippen LogP contribution >= 0.6 is 0 Å². The third-order valence-corrected chi connectivity index (χ3v) is 3.01. The number of benzene rings is 1. The van der Waals surface area contributed by atoms with E-state index in [4.69, 9.17) is 0 Å². The molecular formula is C14H19N. The molecule has 1 fully saturated rings. The zero-order chi connectivity index (χ0) is 10.5. The SMILES string of the molecule is CCC(=Cc1ccccc1)N1CCCC1. The second-order valence-electron chi connectivity index (χ2n) is 4.09. The van der Waals surface area contributed by atoms with Crippen LogP contribution in [0.1, 0.15) is 31.7 Å². The summed E-state index contributed by atoms with van der Waals surface area (Å²) in [6.07, 6.45) is 6.17. The number of rotatable bonds is 3. The van der Waals surface area contributed by atoms with Crippen molar-refractivity contribution in [1.29, 1.82) is 0 Å². The number of hydrogen-bond acceptors (Lipinski definition) is 1. The molecule has 0 unspecified atom stereocenters. The summed E-state index contributed by atoms with van der Waals surface area (Å²) in [5.74, 6) is 0. The molecule has 15 heavy (non-hydrogen) atoms. The highest BCUT2D eigenvalue weighted by atomic mass is 15.1. The largest absolute Gasteiger partial charge is 0.375 e. The van der Waals surface area contributed by atoms with Gasteiger partial charge in [0.1, 0.15) is 0 Å². The molecule has 80 valence electrons. The molecule has 0 aliphatic carbocycles. The van der Waals surface area contributed by atoms with Gasteiger partial charge >= 0.3 is 0 Å². The molecule has 0 saturated carbocycles. The van der Waals surface area contributed by atoms with E-state index < -0.39 is 0 Å². The second kappa shape index (κ2) is 5.01. The first kappa shape index (κ1) is 10.3. The van der Waals surface area contributed by atoms with Crippen LogP contribution in [0.25, 0.3) is 6.08 Å². The van der Waals surface area contributed by atoms with Crippen molar-refractivity contribution in [1.82, 2.24) is 4.90 Å². The predicted octanol–water partition coefficient (Wildman–Crippen LogP) is 3.53. The van der Waals surface area contributed by atoms with Crippen molar-refractivity contribution in [2.75, 3.05) is 13.1 Å². The maximum atomic E-state index is 2.52. The fraction of sp³-hybridized carbons (Fsp3) is 0.429. The van der Waals surface area contributed by atoms with E-state index in [1.54, 1.807) is 0 Å². The fourth-order valence-electron chi connectivity index (χ4n) is 2.16. The van der Waals surface area contributed by atoms with Gasteiger partial charge in [-0.15, -0.1) is 0 Å². The lowest BCUT2D eigenvalue weighted by Gasteiger charge is -2.20. The number of hydrogen-bond donors (Lipinski definition) is 0. The Labute approximate surface area is 92.4 Å². The van der Waals surface area contributed by atoms with Crippen molar-refractivity contribution in [2.45, 2.75) is 26.2 Å². The van der Waals surface area contributed by atoms with Crippen LogP contribution in [0.5, 0.6) is 0 Å². The van der Waals surface area contributed by atoms with E-state index >= 15 is 0 Å². The summed E-state index contributed by atoms with van der Waals surface area (Å²) >= 11 is 0. The molecule has 0 radical (unpaired) electrons. The Morgan fingerprint density at radius 1 is 1.20 bits per heavy atom. The van der Waals surface area contributed by atoms with Crippen LogP contribution in [0.4, 0.5) is 0 Å². The standard InChI is InChI=1S/C14H19N/c1-2-14(15-10-6-7-11-15)12-13-8-4-3-5-9-13/h3-5,8-9,12H,2,6-7,10-11H2,1H3. The maximum absolute atomic E-state index is 2.52. The van der Waals surface area contributed by atoms with Crippen molar-refractivity contribution in [3.63, 3.8) is 0 Å². The molecule has 1 aliphatic heterocycles. The minimum Gasteiger partial charge on any atom is -0.375 e. The predicted molar refractivity (Wildman–Crippen MR) is 65.5 cm³/mol. The third-order valence-electron chi connectivity index (χ3n) is 3.01. The van der Waals surface area contributed by atoms with E-state index in [2.05, 4.69) is 48.2 Å². The summed E-state index contributed by atoms with van der Waals surface area (Å²) in [5.41, 5.74) is 2.81. The van der Waals surface area contributed by atoms with Gasteiger partial charge in [-0.1, -0.05) is 37.3 Å². The molecule has 1 aromatic rings. The van der Waals surface area contributed by atoms with Crippen molar-refractivity contribution in [3.8, 4) is 0 Å². The van der Waals surface area contributed by atoms with Crippen LogP contribution in [0.2, 0.25) is 0 Å². The average molecular weight is 201 g/mol. The van der Waals surface area contributed by atoms with E-state index in [0.717, 1.165) is 6.42 Å². The van der Waals surface area contributed by atoms with Gasteiger partial charge < -0.3 is 4.90 Å². The van der Waals surface area contributed by atoms with Gasteiger partial charge in [0.25, 0.3) is 0 Å². The van der Waals surface area contributed by atoms with Crippen molar-refractivity contribution in [3.05, 3.63) is 41.6 Å². The number of allylic oxidation sites excluding steroid dienone is 1. The molecule has 1 nitrogen and oxygen atoms in total. The molecule has 1 heteroatoms. The summed E-state index contributed by atoms with van der Waals surface area (Å²) in [4.78, 5) is 2.52. The highest BCUT2D eigenvalue weighted by Crippen LogP contribution is 2.19. The summed E-state index contributed by atoms with van der Waals surface area (Å²) in [5, 5.41) is 0. The Morgan fingerprint density at radius 3 is 2.47 bits per heavy atom. The van der Waals surface area contributed by atoms with E-state index in [1.807, 2.05) is 0 Å². The topological polar surface area (TPSA) is 3.24 Å². The van der Waals surface area contributed by atoms with E-state index in [9.17, 15) is 0 Å². The minimum atomic E-state index is 1.13. The molecule has 0 spiro atoms. The first-order valence-electron chi connectivity index (χ1n) is 5.90. The quantitative estimate of drug-likeness (QED) is 0.723. The molecule has 0 atom stereocenters. The Kier molecular flexibility index (Phi) is 3.44. The van der Waals surface area contributed by atoms with E-state index in [-0.39, 0.29) is 0 Å². The van der Waals surface area contributed by atoms with Crippen molar-refractivity contribution >= 4 is 6.08 Å². The fourth-order valence-corrected chi connectivity index (χ4v) is 2.16. The minimum absolute atomic E-state index is 1.13. The Bertz CT molecular complexity index is 320. The zero-order valence-corrected chi connectivity index (χ0v) is 9.45. The second-order valence-corrected chi connectivity index (χ2v) is 4.09. The van der Waals surface area contributed by atoms with Crippen LogP contribution in [-0.2, 0) is 0 Å². The molecule has 1 heterocycles. The normalized spacial score (nSPS) is 17.1. The van der Waals surface area contributed by atoms with Gasteiger partial charge in [0, 0.05) is 18.8 Å². The Balaban J connectivity index is 2.15. The van der Waals surface area contributed by atoms with Gasteiger partial charge in [-0.2, -0.15) is 0 Å². The van der Waals surface area contributed by atoms with Gasteiger partial charge in [-0.3, -0.25) is 0 Å². The average Bonchev–Trinajstić information content (AvgIpc) is 2.81. The Hall–Kier alpha value is -1.24. The van der Waals surface area contributed by atoms with Crippen LogP contribution in [0.3, 0.4) is 0 Å². The Morgan fingerprint density at radius 2 is 1.87 bits per heavy atom. The summed E-state index contributed by atoms with van der Waals surface area (Å²) in [6, 6.07) is 10.6. The van der Waals surface area contributed by atoms with Gasteiger partial charge in [-0.25, -0.2) is 0 Å². The molecule has 1 aliphatic rings. The van der Waals surface area contributed by atoms with Crippen molar-refractivity contribution in [2.24, 2.45) is 0 Å². The van der Waals surface area contributed by atoms with E-state index in [0.29, 0.717) is 0 Å². The molecule has 1 aromatic carbocycles. The lowest BCUT2D eigenvalue weighted by Crippen LogP contribution is -2.17. The highest BCUT2D eigenvalue weighted by Gasteiger charge is 2.12. The molecule has 0 aromatic heterocycles. The third kappa shape index (κ3) is 2.62. The molecule has 1 saturated heterocycles. The van der Waals surface area contributed by atoms with Gasteiger partial charge in [-0.05, 0) is 30.9 Å². The first-order valence-corrected chi connectivity index (χ1v) is 5.90. The first-order chi connectivity index (χ1) is 7.40. The smallest absolute Gasteiger partial charge is 0.0175 e. The molecular weight excluding hydrogens is 182 g/mol. The van der Waals surface area contributed by atoms with Crippen LogP contribution < -0.4 is 0 Å². The summed E-state index contributed by atoms with van der Waals surface area (Å²) in [7, 11) is 0. The van der Waals surface area contributed by atoms with Crippen LogP contribution in [0, 0.1) is 0 Å². The lowest BCUT2D eigenvalue weighted by molar-refractivity contribution is 0.417. The lowest BCUT2D eigenvalue weighted by atomic mass is 10.1. The van der Waals surface area contributed by atoms with Crippen LogP contribution in [0.15, 0.2) is 36.0 Å². The molecule has 0 amide bonds. The highest BCUT2D eigenvalue weighted by molar-refractivity contribution is 5.52. The van der Waals surface area contributed by atoms with Gasteiger partial charge in [0.2, 0.25) is 0 Å².